The lowest BCUT2D eigenvalue weighted by molar-refractivity contribution is -0.132. The molecule has 6 nitrogen and oxygen atoms in total. The summed E-state index contributed by atoms with van der Waals surface area (Å²) < 4.78 is 0. The zero-order chi connectivity index (χ0) is 17.6. The average Bonchev–Trinajstić information content (AvgIpc) is 2.91. The van der Waals surface area contributed by atoms with Crippen molar-refractivity contribution in [2.45, 2.75) is 12.5 Å². The Kier molecular flexibility index (Phi) is 5.09. The second-order valence-corrected chi connectivity index (χ2v) is 5.80. The molecule has 0 saturated carbocycles. The molecule has 0 bridgehead atoms. The molecule has 0 aromatic heterocycles. The van der Waals surface area contributed by atoms with Crippen molar-refractivity contribution in [3.8, 4) is 0 Å². The number of carbonyl (C=O) groups is 3. The zero-order valence-electron chi connectivity index (χ0n) is 13.6. The lowest BCUT2D eigenvalue weighted by Gasteiger charge is -2.13. The third-order valence-electron chi connectivity index (χ3n) is 4.04. The summed E-state index contributed by atoms with van der Waals surface area (Å²) >= 11 is 0. The molecule has 2 aromatic carbocycles. The number of amides is 4. The van der Waals surface area contributed by atoms with Crippen LogP contribution < -0.4 is 10.6 Å². The maximum Gasteiger partial charge on any atom is 0.325 e. The normalized spacial score (nSPS) is 16.6. The van der Waals surface area contributed by atoms with Crippen LogP contribution >= 0.6 is 0 Å². The van der Waals surface area contributed by atoms with Gasteiger partial charge < -0.3 is 10.6 Å². The van der Waals surface area contributed by atoms with E-state index in [0.717, 1.165) is 10.5 Å². The Morgan fingerprint density at radius 3 is 2.32 bits per heavy atom. The molecule has 25 heavy (non-hydrogen) atoms. The lowest BCUT2D eigenvalue weighted by atomic mass is 10.1. The van der Waals surface area contributed by atoms with Crippen LogP contribution in [-0.4, -0.2) is 35.8 Å². The maximum atomic E-state index is 12.4. The number of urea groups is 1. The number of hydrogen-bond acceptors (Lipinski definition) is 3. The van der Waals surface area contributed by atoms with Crippen LogP contribution in [0, 0.1) is 0 Å². The van der Waals surface area contributed by atoms with Gasteiger partial charge in [0, 0.05) is 6.54 Å². The van der Waals surface area contributed by atoms with Crippen LogP contribution in [0.3, 0.4) is 0 Å². The van der Waals surface area contributed by atoms with Crippen molar-refractivity contribution in [3.63, 3.8) is 0 Å². The molecule has 1 fully saturated rings. The van der Waals surface area contributed by atoms with Gasteiger partial charge in [0.25, 0.3) is 5.91 Å². The molecule has 2 aromatic rings. The highest BCUT2D eigenvalue weighted by molar-refractivity contribution is 6.06. The number of rotatable bonds is 6. The first kappa shape index (κ1) is 16.7. The summed E-state index contributed by atoms with van der Waals surface area (Å²) in [6, 6.07) is 17.5. The van der Waals surface area contributed by atoms with Gasteiger partial charge in [-0.1, -0.05) is 60.7 Å². The first-order valence-corrected chi connectivity index (χ1v) is 8.12. The summed E-state index contributed by atoms with van der Waals surface area (Å²) in [6.07, 6.45) is 0.694. The molecule has 3 rings (SSSR count). The van der Waals surface area contributed by atoms with Crippen molar-refractivity contribution in [3.05, 3.63) is 71.8 Å². The van der Waals surface area contributed by atoms with E-state index in [9.17, 15) is 14.4 Å². The van der Waals surface area contributed by atoms with Crippen LogP contribution in [-0.2, 0) is 16.0 Å². The minimum absolute atomic E-state index is 0.275. The number of nitrogens with zero attached hydrogens (tertiary/aromatic N) is 1. The van der Waals surface area contributed by atoms with Gasteiger partial charge in [-0.3, -0.25) is 14.5 Å². The molecule has 1 heterocycles. The zero-order valence-corrected chi connectivity index (χ0v) is 13.6. The average molecular weight is 337 g/mol. The highest BCUT2D eigenvalue weighted by Crippen LogP contribution is 2.21. The molecule has 0 aliphatic carbocycles. The number of benzene rings is 2. The highest BCUT2D eigenvalue weighted by atomic mass is 16.2. The Balaban J connectivity index is 1.52. The topological polar surface area (TPSA) is 78.5 Å². The Hall–Kier alpha value is -3.15. The molecule has 1 aliphatic rings. The van der Waals surface area contributed by atoms with Crippen LogP contribution in [0.5, 0.6) is 0 Å². The predicted molar refractivity (Wildman–Crippen MR) is 92.6 cm³/mol. The first-order valence-electron chi connectivity index (χ1n) is 8.12. The molecule has 2 N–H and O–H groups in total. The van der Waals surface area contributed by atoms with Crippen molar-refractivity contribution in [1.29, 1.82) is 0 Å². The summed E-state index contributed by atoms with van der Waals surface area (Å²) in [6.45, 7) is 0.178. The van der Waals surface area contributed by atoms with Crippen molar-refractivity contribution in [2.24, 2.45) is 0 Å². The molecular formula is C19H19N3O3. The smallest absolute Gasteiger partial charge is 0.325 e. The minimum atomic E-state index is -0.731. The third kappa shape index (κ3) is 4.03. The van der Waals surface area contributed by atoms with E-state index in [1.807, 2.05) is 36.4 Å². The minimum Gasteiger partial charge on any atom is -0.354 e. The SMILES string of the molecule is O=C(CN1C(=O)NC(c2ccccc2)C1=O)NCCc1ccccc1. The largest absolute Gasteiger partial charge is 0.354 e. The highest BCUT2D eigenvalue weighted by Gasteiger charge is 2.39. The summed E-state index contributed by atoms with van der Waals surface area (Å²) in [4.78, 5) is 37.4. The van der Waals surface area contributed by atoms with E-state index in [0.29, 0.717) is 18.5 Å². The number of hydrogen-bond donors (Lipinski definition) is 2. The number of carbonyl (C=O) groups excluding carboxylic acids is 3. The molecule has 0 radical (unpaired) electrons. The Labute approximate surface area is 145 Å². The maximum absolute atomic E-state index is 12.4. The van der Waals surface area contributed by atoms with Crippen LogP contribution in [0.25, 0.3) is 0 Å². The van der Waals surface area contributed by atoms with Gasteiger partial charge in [0.05, 0.1) is 0 Å². The Bertz CT molecular complexity index is 762. The predicted octanol–water partition coefficient (Wildman–Crippen LogP) is 1.64. The molecule has 0 spiro atoms. The molecule has 4 amide bonds. The molecule has 6 heteroatoms. The van der Waals surface area contributed by atoms with Gasteiger partial charge in [-0.25, -0.2) is 4.79 Å². The summed E-state index contributed by atoms with van der Waals surface area (Å²) in [5, 5.41) is 5.36. The summed E-state index contributed by atoms with van der Waals surface area (Å²) in [7, 11) is 0. The van der Waals surface area contributed by atoms with Crippen molar-refractivity contribution in [1.82, 2.24) is 15.5 Å². The van der Waals surface area contributed by atoms with Gasteiger partial charge in [0.15, 0.2) is 0 Å². The van der Waals surface area contributed by atoms with Gasteiger partial charge in [0.1, 0.15) is 12.6 Å². The van der Waals surface area contributed by atoms with Crippen molar-refractivity contribution >= 4 is 17.8 Å². The monoisotopic (exact) mass is 337 g/mol. The molecule has 1 saturated heterocycles. The van der Waals surface area contributed by atoms with Gasteiger partial charge in [-0.15, -0.1) is 0 Å². The van der Waals surface area contributed by atoms with E-state index in [-0.39, 0.29) is 12.5 Å². The van der Waals surface area contributed by atoms with E-state index in [1.54, 1.807) is 24.3 Å². The Morgan fingerprint density at radius 2 is 1.64 bits per heavy atom. The second-order valence-electron chi connectivity index (χ2n) is 5.80. The van der Waals surface area contributed by atoms with E-state index in [1.165, 1.54) is 0 Å². The van der Waals surface area contributed by atoms with E-state index < -0.39 is 18.0 Å². The standard InChI is InChI=1S/C19H19N3O3/c23-16(20-12-11-14-7-3-1-4-8-14)13-22-18(24)17(21-19(22)25)15-9-5-2-6-10-15/h1-10,17H,11-13H2,(H,20,23)(H,21,25). The van der Waals surface area contributed by atoms with Gasteiger partial charge in [-0.2, -0.15) is 0 Å². The molecular weight excluding hydrogens is 318 g/mol. The number of nitrogens with one attached hydrogen (secondary N) is 2. The van der Waals surface area contributed by atoms with Crippen molar-refractivity contribution < 1.29 is 14.4 Å². The molecule has 128 valence electrons. The Morgan fingerprint density at radius 1 is 1.00 bits per heavy atom. The summed E-state index contributed by atoms with van der Waals surface area (Å²) in [5.74, 6) is -0.762. The van der Waals surface area contributed by atoms with E-state index >= 15 is 0 Å². The van der Waals surface area contributed by atoms with E-state index in [2.05, 4.69) is 10.6 Å². The van der Waals surface area contributed by atoms with Crippen LogP contribution in [0.1, 0.15) is 17.2 Å². The fourth-order valence-corrected chi connectivity index (χ4v) is 2.73. The third-order valence-corrected chi connectivity index (χ3v) is 4.04. The van der Waals surface area contributed by atoms with Gasteiger partial charge >= 0.3 is 6.03 Å². The van der Waals surface area contributed by atoms with Gasteiger partial charge in [0.2, 0.25) is 5.91 Å². The van der Waals surface area contributed by atoms with Crippen molar-refractivity contribution in [2.75, 3.05) is 13.1 Å². The first-order chi connectivity index (χ1) is 12.1. The van der Waals surface area contributed by atoms with E-state index in [4.69, 9.17) is 0 Å². The van der Waals surface area contributed by atoms with Crippen LogP contribution in [0.4, 0.5) is 4.79 Å². The molecule has 1 aliphatic heterocycles. The quantitative estimate of drug-likeness (QED) is 0.787. The van der Waals surface area contributed by atoms with Crippen LogP contribution in [0.15, 0.2) is 60.7 Å². The molecule has 1 atom stereocenters. The summed E-state index contributed by atoms with van der Waals surface area (Å²) in [5.41, 5.74) is 1.81. The lowest BCUT2D eigenvalue weighted by Crippen LogP contribution is -2.41. The second kappa shape index (κ2) is 7.61. The van der Waals surface area contributed by atoms with Gasteiger partial charge in [-0.05, 0) is 17.5 Å². The fraction of sp³-hybridized carbons (Fsp3) is 0.211. The fourth-order valence-electron chi connectivity index (χ4n) is 2.73. The van der Waals surface area contributed by atoms with Crippen LogP contribution in [0.2, 0.25) is 0 Å². The molecule has 1 unspecified atom stereocenters. The number of imide groups is 1.